The van der Waals surface area contributed by atoms with Gasteiger partial charge in [-0.2, -0.15) is 0 Å². The first-order valence-electron chi connectivity index (χ1n) is 19.4. The molecule has 3 aliphatic heterocycles. The van der Waals surface area contributed by atoms with E-state index in [1.807, 2.05) is 35.2 Å². The molecule has 5 bridgehead atoms. The number of fused-ring (bicyclic) bond motifs is 14. The first-order valence-corrected chi connectivity index (χ1v) is 19.4. The van der Waals surface area contributed by atoms with Gasteiger partial charge in [0.2, 0.25) is 0 Å². The van der Waals surface area contributed by atoms with Crippen LogP contribution >= 0.6 is 0 Å². The Morgan fingerprint density at radius 2 is 1.64 bits per heavy atom. The maximum absolute atomic E-state index is 14.4. The summed E-state index contributed by atoms with van der Waals surface area (Å²) in [6.07, 6.45) is 3.96. The van der Waals surface area contributed by atoms with E-state index in [1.54, 1.807) is 79.0 Å². The Hall–Kier alpha value is -5.37. The Morgan fingerprint density at radius 1 is 0.966 bits per heavy atom. The van der Waals surface area contributed by atoms with Gasteiger partial charge in [0.15, 0.2) is 5.75 Å². The fourth-order valence-electron chi connectivity index (χ4n) is 7.88. The van der Waals surface area contributed by atoms with Gasteiger partial charge in [0.1, 0.15) is 23.3 Å². The summed E-state index contributed by atoms with van der Waals surface area (Å²) in [7, 11) is 3.24. The van der Waals surface area contributed by atoms with Crippen molar-refractivity contribution in [3.05, 3.63) is 89.2 Å². The molecule has 0 saturated heterocycles. The highest BCUT2D eigenvalue weighted by Gasteiger charge is 2.49. The number of anilines is 2. The SMILES string of the molecule is COC1C=COC2(C)Oc3c(C)c(O)c4c(O)c(c(N(C)Cc5ccccc5)cc4c3C2=O)NC(=O)C(C)=CC=CC(C)C(O)C(C)C(O)C(C)C(OC(C)=O)C1C. The highest BCUT2D eigenvalue weighted by atomic mass is 16.7. The highest BCUT2D eigenvalue weighted by Crippen LogP contribution is 2.53. The summed E-state index contributed by atoms with van der Waals surface area (Å²) >= 11 is 0. The number of carbonyl (C=O) groups is 3. The minimum absolute atomic E-state index is 0.0117. The van der Waals surface area contributed by atoms with Gasteiger partial charge in [-0.15, -0.1) is 0 Å². The Bertz CT molecular complexity index is 2130. The van der Waals surface area contributed by atoms with E-state index >= 15 is 0 Å². The smallest absolute Gasteiger partial charge is 0.312 e. The van der Waals surface area contributed by atoms with Gasteiger partial charge in [0.25, 0.3) is 11.7 Å². The monoisotopic (exact) mass is 800 g/mol. The third kappa shape index (κ3) is 8.57. The summed E-state index contributed by atoms with van der Waals surface area (Å²) in [5.74, 6) is -6.73. The number of ketones is 1. The number of methoxy groups -OCH3 is 1. The summed E-state index contributed by atoms with van der Waals surface area (Å²) < 4.78 is 23.8. The lowest BCUT2D eigenvalue weighted by Crippen LogP contribution is -2.46. The van der Waals surface area contributed by atoms with Gasteiger partial charge in [-0.3, -0.25) is 14.4 Å². The molecule has 0 saturated carbocycles. The Kier molecular flexibility index (Phi) is 13.3. The van der Waals surface area contributed by atoms with Crippen molar-refractivity contribution in [1.82, 2.24) is 0 Å². The van der Waals surface area contributed by atoms with E-state index in [0.717, 1.165) is 5.56 Å². The van der Waals surface area contributed by atoms with Crippen LogP contribution in [0.3, 0.4) is 0 Å². The number of ether oxygens (including phenoxy) is 4. The van der Waals surface area contributed by atoms with Gasteiger partial charge in [-0.05, 0) is 31.6 Å². The molecule has 3 aromatic rings. The lowest BCUT2D eigenvalue weighted by atomic mass is 9.78. The van der Waals surface area contributed by atoms with Gasteiger partial charge < -0.3 is 49.6 Å². The van der Waals surface area contributed by atoms with Crippen LogP contribution in [0.5, 0.6) is 17.2 Å². The second-order valence-electron chi connectivity index (χ2n) is 15.8. The van der Waals surface area contributed by atoms with Gasteiger partial charge in [-0.1, -0.05) is 76.3 Å². The molecular formula is C45H56N2O11. The molecule has 5 N–H and O–H groups in total. The van der Waals surface area contributed by atoms with Crippen molar-refractivity contribution < 1.29 is 53.8 Å². The van der Waals surface area contributed by atoms with E-state index in [4.69, 9.17) is 18.9 Å². The Balaban J connectivity index is 1.69. The minimum Gasteiger partial charge on any atom is -0.507 e. The molecule has 13 heteroatoms. The number of carbonyl (C=O) groups excluding carboxylic acids is 3. The standard InChI is InChI=1S/C45H56N2O11/c1-23-15-14-16-24(2)44(54)46-36-32(47(9)22-30-17-12-11-13-18-30)21-31-34(40(36)52)39(51)28(6)42-35(31)43(53)45(8,58-42)56-20-19-33(55-10)25(3)41(57-29(7)48)27(5)38(50)26(4)37(23)49/h11-21,23,25-27,33,37-38,41,49-52H,22H2,1-10H3,(H,46,54). The number of allylic oxidation sites excluding steroid dienone is 2. The van der Waals surface area contributed by atoms with Crippen molar-refractivity contribution in [2.75, 3.05) is 24.4 Å². The summed E-state index contributed by atoms with van der Waals surface area (Å²) in [5.41, 5.74) is 1.79. The Morgan fingerprint density at radius 3 is 2.28 bits per heavy atom. The molecule has 0 radical (unpaired) electrons. The number of amides is 1. The predicted molar refractivity (Wildman–Crippen MR) is 221 cm³/mol. The van der Waals surface area contributed by atoms with E-state index in [0.29, 0.717) is 12.2 Å². The summed E-state index contributed by atoms with van der Waals surface area (Å²) in [6.45, 7) is 13.2. The molecular weight excluding hydrogens is 744 g/mol. The fraction of sp³-hybridized carbons (Fsp3) is 0.444. The van der Waals surface area contributed by atoms with E-state index in [9.17, 15) is 34.8 Å². The van der Waals surface area contributed by atoms with Gasteiger partial charge in [-0.25, -0.2) is 0 Å². The number of Topliss-reactive ketones (excluding diaryl/α,β-unsaturated/α-hetero) is 1. The zero-order chi connectivity index (χ0) is 42.8. The first-order chi connectivity index (χ1) is 27.3. The van der Waals surface area contributed by atoms with Crippen molar-refractivity contribution in [1.29, 1.82) is 0 Å². The minimum atomic E-state index is -1.92. The average Bonchev–Trinajstić information content (AvgIpc) is 3.46. The number of benzene rings is 3. The van der Waals surface area contributed by atoms with Crippen LogP contribution in [0.4, 0.5) is 11.4 Å². The second-order valence-corrected chi connectivity index (χ2v) is 15.8. The van der Waals surface area contributed by atoms with Crippen molar-refractivity contribution >= 4 is 39.8 Å². The molecule has 13 nitrogen and oxygen atoms in total. The molecule has 0 spiro atoms. The van der Waals surface area contributed by atoms with Gasteiger partial charge >= 0.3 is 11.8 Å². The number of aliphatic hydroxyl groups is 2. The molecule has 9 atom stereocenters. The van der Waals surface area contributed by atoms with Crippen LogP contribution in [0.2, 0.25) is 0 Å². The number of phenolic OH excluding ortho intramolecular Hbond substituents is 2. The van der Waals surface area contributed by atoms with Crippen LogP contribution in [0, 0.1) is 30.6 Å². The van der Waals surface area contributed by atoms with E-state index in [-0.39, 0.29) is 44.7 Å². The number of aliphatic hydroxyl groups excluding tert-OH is 2. The molecule has 0 aliphatic carbocycles. The zero-order valence-electron chi connectivity index (χ0n) is 34.8. The lowest BCUT2D eigenvalue weighted by molar-refractivity contribution is -0.160. The number of hydrogen-bond acceptors (Lipinski definition) is 12. The summed E-state index contributed by atoms with van der Waals surface area (Å²) in [4.78, 5) is 42.4. The van der Waals surface area contributed by atoms with Crippen molar-refractivity contribution in [2.24, 2.45) is 23.7 Å². The molecule has 3 aliphatic rings. The molecule has 58 heavy (non-hydrogen) atoms. The largest absolute Gasteiger partial charge is 0.507 e. The van der Waals surface area contributed by atoms with E-state index in [2.05, 4.69) is 5.32 Å². The van der Waals surface area contributed by atoms with Crippen LogP contribution in [0.25, 0.3) is 10.8 Å². The van der Waals surface area contributed by atoms with Crippen LogP contribution in [-0.2, 0) is 30.3 Å². The van der Waals surface area contributed by atoms with Crippen LogP contribution in [0.1, 0.15) is 70.0 Å². The first kappa shape index (κ1) is 43.7. The molecule has 0 aromatic heterocycles. The number of rotatable bonds is 5. The van der Waals surface area contributed by atoms with Crippen LogP contribution in [-0.4, -0.2) is 82.4 Å². The molecule has 6 rings (SSSR count). The zero-order valence-corrected chi connectivity index (χ0v) is 34.8. The van der Waals surface area contributed by atoms with Crippen molar-refractivity contribution in [3.8, 4) is 17.2 Å². The lowest BCUT2D eigenvalue weighted by Gasteiger charge is -2.38. The summed E-state index contributed by atoms with van der Waals surface area (Å²) in [5, 5.41) is 49.4. The van der Waals surface area contributed by atoms with E-state index < -0.39 is 77.3 Å². The number of phenols is 2. The van der Waals surface area contributed by atoms with Gasteiger partial charge in [0.05, 0.1) is 41.2 Å². The maximum Gasteiger partial charge on any atom is 0.312 e. The highest BCUT2D eigenvalue weighted by molar-refractivity contribution is 6.21. The molecule has 3 heterocycles. The van der Waals surface area contributed by atoms with Gasteiger partial charge in [0, 0.05) is 74.7 Å². The van der Waals surface area contributed by atoms with Crippen LogP contribution < -0.4 is 15.0 Å². The summed E-state index contributed by atoms with van der Waals surface area (Å²) in [6, 6.07) is 11.2. The number of nitrogens with one attached hydrogen (secondary N) is 1. The number of hydrogen-bond donors (Lipinski definition) is 5. The van der Waals surface area contributed by atoms with E-state index in [1.165, 1.54) is 27.2 Å². The fourth-order valence-corrected chi connectivity index (χ4v) is 7.88. The second kappa shape index (κ2) is 17.6. The number of esters is 1. The van der Waals surface area contributed by atoms with Crippen molar-refractivity contribution in [2.45, 2.75) is 92.1 Å². The maximum atomic E-state index is 14.4. The average molecular weight is 801 g/mol. The van der Waals surface area contributed by atoms with Crippen molar-refractivity contribution in [3.63, 3.8) is 0 Å². The Labute approximate surface area is 339 Å². The normalized spacial score (nSPS) is 28.2. The predicted octanol–water partition coefficient (Wildman–Crippen LogP) is 6.68. The third-order valence-electron chi connectivity index (χ3n) is 11.5. The molecule has 1 amide bonds. The molecule has 3 aromatic carbocycles. The quantitative estimate of drug-likeness (QED) is 0.136. The number of nitrogens with zero attached hydrogens (tertiary/aromatic N) is 1. The van der Waals surface area contributed by atoms with Crippen LogP contribution in [0.15, 0.2) is 72.5 Å². The molecule has 9 unspecified atom stereocenters. The molecule has 312 valence electrons. The number of aromatic hydroxyl groups is 2. The molecule has 0 fully saturated rings. The third-order valence-corrected chi connectivity index (χ3v) is 11.5. The topological polar surface area (TPSA) is 184 Å².